The number of hydrogen-bond donors (Lipinski definition) is 2. The van der Waals surface area contributed by atoms with Crippen LogP contribution in [0, 0.1) is 11.8 Å². The van der Waals surface area contributed by atoms with Crippen molar-refractivity contribution in [3.8, 4) is 0 Å². The molecule has 2 N–H and O–H groups in total. The zero-order valence-corrected chi connectivity index (χ0v) is 12.2. The minimum absolute atomic E-state index is 0.102. The summed E-state index contributed by atoms with van der Waals surface area (Å²) in [5.74, 6) is -1.87. The van der Waals surface area contributed by atoms with Gasteiger partial charge in [0.2, 0.25) is 10.0 Å². The summed E-state index contributed by atoms with van der Waals surface area (Å²) >= 11 is 0. The molecule has 9 heteroatoms. The normalized spacial score (nSPS) is 14.7. The molecule has 0 saturated carbocycles. The summed E-state index contributed by atoms with van der Waals surface area (Å²) in [6, 6.07) is 0. The number of carboxylic acid groups (broad SMARTS) is 1. The van der Waals surface area contributed by atoms with Gasteiger partial charge in [-0.2, -0.15) is 0 Å². The fourth-order valence-corrected chi connectivity index (χ4v) is 4.43. The van der Waals surface area contributed by atoms with Gasteiger partial charge in [0.15, 0.2) is 14.9 Å². The van der Waals surface area contributed by atoms with Crippen molar-refractivity contribution in [1.82, 2.24) is 4.72 Å². The first kappa shape index (κ1) is 17.3. The lowest BCUT2D eigenvalue weighted by Gasteiger charge is -2.15. The number of aliphatic carboxylic acids is 1. The van der Waals surface area contributed by atoms with Gasteiger partial charge < -0.3 is 5.11 Å². The summed E-state index contributed by atoms with van der Waals surface area (Å²) < 4.78 is 46.5. The molecular formula is C9H19NO6S2. The average molecular weight is 301 g/mol. The summed E-state index contributed by atoms with van der Waals surface area (Å²) in [5.41, 5.74) is 0. The van der Waals surface area contributed by atoms with Crippen LogP contribution in [0.25, 0.3) is 0 Å². The van der Waals surface area contributed by atoms with Gasteiger partial charge in [0, 0.05) is 12.8 Å². The van der Waals surface area contributed by atoms with Gasteiger partial charge in [0.05, 0.1) is 5.92 Å². The maximum absolute atomic E-state index is 11.4. The Morgan fingerprint density at radius 1 is 1.22 bits per heavy atom. The van der Waals surface area contributed by atoms with E-state index in [1.807, 2.05) is 18.6 Å². The Bertz CT molecular complexity index is 479. The molecule has 18 heavy (non-hydrogen) atoms. The number of carbonyl (C=O) groups is 1. The Labute approximate surface area is 108 Å². The molecule has 1 atom stereocenters. The SMILES string of the molecule is CC(C)CC(CNS(=O)(=O)CS(C)(=O)=O)C(=O)O. The first-order valence-corrected chi connectivity index (χ1v) is 9.02. The molecule has 0 saturated heterocycles. The van der Waals surface area contributed by atoms with Crippen molar-refractivity contribution in [3.63, 3.8) is 0 Å². The fraction of sp³-hybridized carbons (Fsp3) is 0.889. The molecule has 0 aromatic heterocycles. The fourth-order valence-electron chi connectivity index (χ4n) is 1.39. The molecule has 1 unspecified atom stereocenters. The van der Waals surface area contributed by atoms with Crippen LogP contribution in [0.2, 0.25) is 0 Å². The number of hydrogen-bond acceptors (Lipinski definition) is 5. The summed E-state index contributed by atoms with van der Waals surface area (Å²) in [7, 11) is -7.68. The van der Waals surface area contributed by atoms with E-state index < -0.39 is 36.8 Å². The number of sulfone groups is 1. The highest BCUT2D eigenvalue weighted by molar-refractivity contribution is 8.06. The van der Waals surface area contributed by atoms with Crippen LogP contribution in [-0.4, -0.2) is 45.8 Å². The van der Waals surface area contributed by atoms with Gasteiger partial charge in [-0.1, -0.05) is 13.8 Å². The third-order valence-electron chi connectivity index (χ3n) is 2.02. The molecule has 0 bridgehead atoms. The first-order chi connectivity index (χ1) is 7.93. The highest BCUT2D eigenvalue weighted by atomic mass is 32.3. The summed E-state index contributed by atoms with van der Waals surface area (Å²) in [4.78, 5) is 10.9. The van der Waals surface area contributed by atoms with Crippen LogP contribution in [0.3, 0.4) is 0 Å². The van der Waals surface area contributed by atoms with Gasteiger partial charge in [-0.3, -0.25) is 4.79 Å². The van der Waals surface area contributed by atoms with E-state index in [0.29, 0.717) is 6.42 Å². The van der Waals surface area contributed by atoms with E-state index in [2.05, 4.69) is 0 Å². The highest BCUT2D eigenvalue weighted by Gasteiger charge is 2.23. The number of nitrogens with one attached hydrogen (secondary N) is 1. The van der Waals surface area contributed by atoms with Gasteiger partial charge in [0.25, 0.3) is 0 Å². The van der Waals surface area contributed by atoms with Crippen molar-refractivity contribution in [2.75, 3.05) is 17.9 Å². The second-order valence-corrected chi connectivity index (χ2v) is 8.98. The van der Waals surface area contributed by atoms with Crippen LogP contribution in [-0.2, 0) is 24.7 Å². The summed E-state index contributed by atoms with van der Waals surface area (Å²) in [6.07, 6.45) is 1.12. The minimum atomic E-state index is -4.00. The molecule has 0 amide bonds. The molecule has 0 aliphatic rings. The summed E-state index contributed by atoms with van der Waals surface area (Å²) in [6.45, 7) is 3.34. The number of sulfonamides is 1. The first-order valence-electron chi connectivity index (χ1n) is 5.31. The molecule has 0 fully saturated rings. The molecule has 0 spiro atoms. The van der Waals surface area contributed by atoms with E-state index in [4.69, 9.17) is 5.11 Å². The van der Waals surface area contributed by atoms with Gasteiger partial charge >= 0.3 is 5.97 Å². The molecule has 0 rings (SSSR count). The van der Waals surface area contributed by atoms with Gasteiger partial charge in [-0.15, -0.1) is 0 Å². The number of carboxylic acids is 1. The molecular weight excluding hydrogens is 282 g/mol. The second kappa shape index (κ2) is 6.48. The van der Waals surface area contributed by atoms with Crippen molar-refractivity contribution < 1.29 is 26.7 Å². The molecule has 0 aromatic carbocycles. The lowest BCUT2D eigenvalue weighted by Crippen LogP contribution is -2.36. The maximum atomic E-state index is 11.4. The third kappa shape index (κ3) is 8.43. The second-order valence-electron chi connectivity index (χ2n) is 4.67. The van der Waals surface area contributed by atoms with Gasteiger partial charge in [-0.05, 0) is 12.3 Å². The third-order valence-corrected chi connectivity index (χ3v) is 5.58. The summed E-state index contributed by atoms with van der Waals surface area (Å²) in [5, 5.41) is 7.86. The predicted molar refractivity (Wildman–Crippen MR) is 67.2 cm³/mol. The van der Waals surface area contributed by atoms with E-state index in [1.54, 1.807) is 0 Å². The van der Waals surface area contributed by atoms with Crippen LogP contribution >= 0.6 is 0 Å². The Morgan fingerprint density at radius 3 is 2.06 bits per heavy atom. The largest absolute Gasteiger partial charge is 0.481 e. The Morgan fingerprint density at radius 2 is 1.72 bits per heavy atom. The minimum Gasteiger partial charge on any atom is -0.481 e. The van der Waals surface area contributed by atoms with E-state index in [-0.39, 0.29) is 12.5 Å². The van der Waals surface area contributed by atoms with Crippen molar-refractivity contribution >= 4 is 25.8 Å². The van der Waals surface area contributed by atoms with Gasteiger partial charge in [0.1, 0.15) is 0 Å². The maximum Gasteiger partial charge on any atom is 0.307 e. The molecule has 0 heterocycles. The van der Waals surface area contributed by atoms with Crippen molar-refractivity contribution in [3.05, 3.63) is 0 Å². The zero-order valence-electron chi connectivity index (χ0n) is 10.6. The van der Waals surface area contributed by atoms with Crippen molar-refractivity contribution in [2.45, 2.75) is 20.3 Å². The van der Waals surface area contributed by atoms with E-state index >= 15 is 0 Å². The Balaban J connectivity index is 4.57. The van der Waals surface area contributed by atoms with Crippen LogP contribution in [0.4, 0.5) is 0 Å². The Hall–Kier alpha value is -0.670. The molecule has 0 aliphatic heterocycles. The predicted octanol–water partition coefficient (Wildman–Crippen LogP) is -0.345. The molecule has 0 radical (unpaired) electrons. The Kier molecular flexibility index (Phi) is 6.24. The van der Waals surface area contributed by atoms with E-state index in [0.717, 1.165) is 6.26 Å². The van der Waals surface area contributed by atoms with E-state index in [9.17, 15) is 21.6 Å². The highest BCUT2D eigenvalue weighted by Crippen LogP contribution is 2.11. The van der Waals surface area contributed by atoms with E-state index in [1.165, 1.54) is 0 Å². The van der Waals surface area contributed by atoms with Crippen LogP contribution in [0.5, 0.6) is 0 Å². The molecule has 0 aromatic rings. The quantitative estimate of drug-likeness (QED) is 0.633. The molecule has 0 aliphatic carbocycles. The topological polar surface area (TPSA) is 118 Å². The van der Waals surface area contributed by atoms with Crippen LogP contribution < -0.4 is 4.72 Å². The lowest BCUT2D eigenvalue weighted by molar-refractivity contribution is -0.142. The van der Waals surface area contributed by atoms with Crippen LogP contribution in [0.1, 0.15) is 20.3 Å². The molecule has 7 nitrogen and oxygen atoms in total. The van der Waals surface area contributed by atoms with Crippen LogP contribution in [0.15, 0.2) is 0 Å². The monoisotopic (exact) mass is 301 g/mol. The number of rotatable bonds is 8. The zero-order chi connectivity index (χ0) is 14.6. The smallest absolute Gasteiger partial charge is 0.307 e. The van der Waals surface area contributed by atoms with Crippen molar-refractivity contribution in [2.24, 2.45) is 11.8 Å². The molecule has 108 valence electrons. The standard InChI is InChI=1S/C9H19NO6S2/c1-7(2)4-8(9(11)12)5-10-18(15,16)6-17(3,13)14/h7-8,10H,4-6H2,1-3H3,(H,11,12). The lowest BCUT2D eigenvalue weighted by atomic mass is 9.98. The van der Waals surface area contributed by atoms with Crippen molar-refractivity contribution in [1.29, 1.82) is 0 Å². The average Bonchev–Trinajstić information content (AvgIpc) is 2.07. The van der Waals surface area contributed by atoms with Gasteiger partial charge in [-0.25, -0.2) is 21.6 Å².